The third kappa shape index (κ3) is 4.19. The summed E-state index contributed by atoms with van der Waals surface area (Å²) < 4.78 is 11.9. The molecule has 0 bridgehead atoms. The Balaban J connectivity index is 1.71. The Morgan fingerprint density at radius 2 is 2.00 bits per heavy atom. The van der Waals surface area contributed by atoms with Gasteiger partial charge in [0, 0.05) is 9.13 Å². The van der Waals surface area contributed by atoms with Gasteiger partial charge in [0.15, 0.2) is 0 Å². The smallest absolute Gasteiger partial charge is 0.255 e. The fourth-order valence-electron chi connectivity index (χ4n) is 2.35. The van der Waals surface area contributed by atoms with Crippen molar-refractivity contribution in [2.45, 2.75) is 20.5 Å². The highest BCUT2D eigenvalue weighted by Crippen LogP contribution is 2.21. The Morgan fingerprint density at radius 3 is 2.72 bits per heavy atom. The van der Waals surface area contributed by atoms with E-state index in [0.29, 0.717) is 17.9 Å². The van der Waals surface area contributed by atoms with Crippen molar-refractivity contribution in [2.75, 3.05) is 5.32 Å². The van der Waals surface area contributed by atoms with E-state index in [1.54, 1.807) is 18.2 Å². The molecule has 0 spiro atoms. The van der Waals surface area contributed by atoms with E-state index in [-0.39, 0.29) is 5.91 Å². The van der Waals surface area contributed by atoms with E-state index < -0.39 is 0 Å². The minimum Gasteiger partial charge on any atom is -0.489 e. The van der Waals surface area contributed by atoms with Gasteiger partial charge in [0.2, 0.25) is 0 Å². The van der Waals surface area contributed by atoms with Crippen LogP contribution in [0.4, 0.5) is 5.69 Å². The van der Waals surface area contributed by atoms with E-state index in [0.717, 1.165) is 26.3 Å². The molecular formula is C19H17IN2O3. The van der Waals surface area contributed by atoms with Crippen LogP contribution in [0.5, 0.6) is 5.75 Å². The number of hydrogen-bond donors (Lipinski definition) is 1. The molecule has 6 heteroatoms. The van der Waals surface area contributed by atoms with Gasteiger partial charge in [0.05, 0.1) is 16.9 Å². The Labute approximate surface area is 159 Å². The van der Waals surface area contributed by atoms with Gasteiger partial charge in [0.1, 0.15) is 18.1 Å². The van der Waals surface area contributed by atoms with Gasteiger partial charge in [-0.15, -0.1) is 0 Å². The third-order valence-electron chi connectivity index (χ3n) is 3.78. The van der Waals surface area contributed by atoms with Gasteiger partial charge in [0.25, 0.3) is 5.91 Å². The number of carbonyl (C=O) groups excluding carboxylic acids is 1. The molecule has 0 aliphatic heterocycles. The molecule has 0 unspecified atom stereocenters. The lowest BCUT2D eigenvalue weighted by atomic mass is 10.2. The first-order valence-corrected chi connectivity index (χ1v) is 8.83. The second-order valence-corrected chi connectivity index (χ2v) is 6.72. The molecule has 0 aliphatic rings. The molecule has 25 heavy (non-hydrogen) atoms. The van der Waals surface area contributed by atoms with Crippen molar-refractivity contribution in [3.63, 3.8) is 0 Å². The van der Waals surface area contributed by atoms with Gasteiger partial charge in [-0.25, -0.2) is 0 Å². The molecule has 0 aliphatic carbocycles. The maximum atomic E-state index is 12.5. The van der Waals surface area contributed by atoms with E-state index in [2.05, 4.69) is 33.1 Å². The molecule has 0 fully saturated rings. The number of hydrogen-bond acceptors (Lipinski definition) is 4. The zero-order chi connectivity index (χ0) is 17.8. The number of aryl methyl sites for hydroxylation is 2. The predicted octanol–water partition coefficient (Wildman–Crippen LogP) is 4.73. The normalized spacial score (nSPS) is 10.5. The summed E-state index contributed by atoms with van der Waals surface area (Å²) in [5, 5.41) is 6.82. The summed E-state index contributed by atoms with van der Waals surface area (Å²) in [7, 11) is 0. The number of aromatic nitrogens is 1. The number of para-hydroxylation sites is 1. The molecule has 1 amide bonds. The summed E-state index contributed by atoms with van der Waals surface area (Å²) >= 11 is 2.19. The van der Waals surface area contributed by atoms with Crippen molar-refractivity contribution in [2.24, 2.45) is 0 Å². The summed E-state index contributed by atoms with van der Waals surface area (Å²) in [5.41, 5.74) is 3.06. The molecule has 3 aromatic rings. The van der Waals surface area contributed by atoms with Crippen LogP contribution in [0.2, 0.25) is 0 Å². The van der Waals surface area contributed by atoms with Gasteiger partial charge < -0.3 is 14.6 Å². The number of rotatable bonds is 5. The topological polar surface area (TPSA) is 64.4 Å². The first-order chi connectivity index (χ1) is 12.0. The molecule has 1 aromatic heterocycles. The number of anilines is 1. The molecule has 1 N–H and O–H groups in total. The second kappa shape index (κ2) is 7.69. The van der Waals surface area contributed by atoms with Gasteiger partial charge in [-0.05, 0) is 66.8 Å². The van der Waals surface area contributed by atoms with Gasteiger partial charge >= 0.3 is 0 Å². The average Bonchev–Trinajstić information content (AvgIpc) is 2.93. The number of nitrogens with one attached hydrogen (secondary N) is 1. The first kappa shape index (κ1) is 17.5. The lowest BCUT2D eigenvalue weighted by molar-refractivity contribution is 0.102. The fraction of sp³-hybridized carbons (Fsp3) is 0.158. The predicted molar refractivity (Wildman–Crippen MR) is 104 cm³/mol. The SMILES string of the molecule is Cc1noc(C)c1COc1cccc(C(=O)Nc2ccccc2I)c1. The maximum absolute atomic E-state index is 12.5. The molecule has 0 saturated carbocycles. The molecule has 0 saturated heterocycles. The van der Waals surface area contributed by atoms with Crippen LogP contribution in [0.1, 0.15) is 27.4 Å². The lowest BCUT2D eigenvalue weighted by Gasteiger charge is -2.09. The van der Waals surface area contributed by atoms with Crippen molar-refractivity contribution in [3.05, 3.63) is 74.7 Å². The zero-order valence-corrected chi connectivity index (χ0v) is 16.0. The largest absolute Gasteiger partial charge is 0.489 e. The lowest BCUT2D eigenvalue weighted by Crippen LogP contribution is -2.12. The van der Waals surface area contributed by atoms with Crippen molar-refractivity contribution >= 4 is 34.2 Å². The number of ether oxygens (including phenoxy) is 1. The fourth-order valence-corrected chi connectivity index (χ4v) is 2.87. The molecule has 0 radical (unpaired) electrons. The summed E-state index contributed by atoms with van der Waals surface area (Å²) in [5.74, 6) is 1.19. The van der Waals surface area contributed by atoms with Crippen molar-refractivity contribution in [1.29, 1.82) is 0 Å². The van der Waals surface area contributed by atoms with Crippen LogP contribution in [0, 0.1) is 17.4 Å². The van der Waals surface area contributed by atoms with E-state index in [1.807, 2.05) is 44.2 Å². The molecule has 2 aromatic carbocycles. The highest BCUT2D eigenvalue weighted by Gasteiger charge is 2.12. The molecule has 3 rings (SSSR count). The first-order valence-electron chi connectivity index (χ1n) is 7.75. The van der Waals surface area contributed by atoms with E-state index in [1.165, 1.54) is 0 Å². The van der Waals surface area contributed by atoms with E-state index in [4.69, 9.17) is 9.26 Å². The third-order valence-corrected chi connectivity index (χ3v) is 4.72. The minimum atomic E-state index is -0.174. The molecule has 1 heterocycles. The van der Waals surface area contributed by atoms with Crippen LogP contribution < -0.4 is 10.1 Å². The van der Waals surface area contributed by atoms with Crippen molar-refractivity contribution in [1.82, 2.24) is 5.16 Å². The second-order valence-electron chi connectivity index (χ2n) is 5.55. The quantitative estimate of drug-likeness (QED) is 0.574. The van der Waals surface area contributed by atoms with E-state index in [9.17, 15) is 4.79 Å². The van der Waals surface area contributed by atoms with Crippen LogP contribution in [-0.2, 0) is 6.61 Å². The number of nitrogens with zero attached hydrogens (tertiary/aromatic N) is 1. The van der Waals surface area contributed by atoms with Crippen LogP contribution in [0.25, 0.3) is 0 Å². The summed E-state index contributed by atoms with van der Waals surface area (Å²) in [4.78, 5) is 12.5. The number of halogens is 1. The highest BCUT2D eigenvalue weighted by molar-refractivity contribution is 14.1. The standard InChI is InChI=1S/C19H17IN2O3/c1-12-16(13(2)25-22-12)11-24-15-7-5-6-14(10-15)19(23)21-18-9-4-3-8-17(18)20/h3-10H,11H2,1-2H3,(H,21,23). The van der Waals surface area contributed by atoms with Gasteiger partial charge in [-0.2, -0.15) is 0 Å². The Hall–Kier alpha value is -2.35. The van der Waals surface area contributed by atoms with Gasteiger partial charge in [-0.1, -0.05) is 23.4 Å². The van der Waals surface area contributed by atoms with Crippen molar-refractivity contribution in [3.8, 4) is 5.75 Å². The Morgan fingerprint density at radius 1 is 1.20 bits per heavy atom. The number of amides is 1. The Bertz CT molecular complexity index is 886. The molecular weight excluding hydrogens is 431 g/mol. The number of carbonyl (C=O) groups is 1. The van der Waals surface area contributed by atoms with Gasteiger partial charge in [-0.3, -0.25) is 4.79 Å². The summed E-state index contributed by atoms with van der Waals surface area (Å²) in [6.07, 6.45) is 0. The zero-order valence-electron chi connectivity index (χ0n) is 13.9. The maximum Gasteiger partial charge on any atom is 0.255 e. The summed E-state index contributed by atoms with van der Waals surface area (Å²) in [6, 6.07) is 14.7. The van der Waals surface area contributed by atoms with Crippen LogP contribution >= 0.6 is 22.6 Å². The van der Waals surface area contributed by atoms with Crippen molar-refractivity contribution < 1.29 is 14.1 Å². The highest BCUT2D eigenvalue weighted by atomic mass is 127. The molecule has 0 atom stereocenters. The number of benzene rings is 2. The van der Waals surface area contributed by atoms with Crippen LogP contribution in [0.3, 0.4) is 0 Å². The minimum absolute atomic E-state index is 0.174. The van der Waals surface area contributed by atoms with E-state index >= 15 is 0 Å². The average molecular weight is 448 g/mol. The Kier molecular flexibility index (Phi) is 5.37. The monoisotopic (exact) mass is 448 g/mol. The summed E-state index contributed by atoms with van der Waals surface area (Å²) in [6.45, 7) is 4.08. The molecule has 128 valence electrons. The van der Waals surface area contributed by atoms with Crippen LogP contribution in [0.15, 0.2) is 53.1 Å². The molecule has 5 nitrogen and oxygen atoms in total. The van der Waals surface area contributed by atoms with Crippen LogP contribution in [-0.4, -0.2) is 11.1 Å².